The van der Waals surface area contributed by atoms with Crippen LogP contribution in [-0.4, -0.2) is 41.3 Å². The van der Waals surface area contributed by atoms with Gasteiger partial charge in [0.2, 0.25) is 0 Å². The Balaban J connectivity index is 2.72. The molecule has 2 N–H and O–H groups in total. The third kappa shape index (κ3) is 5.34. The number of rotatable bonds is 6. The molecule has 0 aromatic heterocycles. The molecule has 1 aromatic carbocycles. The lowest BCUT2D eigenvalue weighted by molar-refractivity contribution is 0.118. The summed E-state index contributed by atoms with van der Waals surface area (Å²) in [5, 5.41) is 12.5. The van der Waals surface area contributed by atoms with Gasteiger partial charge in [-0.15, -0.1) is 0 Å². The van der Waals surface area contributed by atoms with E-state index in [-0.39, 0.29) is 17.5 Å². The van der Waals surface area contributed by atoms with Crippen LogP contribution in [0.1, 0.15) is 45.7 Å². The highest BCUT2D eigenvalue weighted by molar-refractivity contribution is 5.74. The molecular weight excluding hydrogens is 276 g/mol. The van der Waals surface area contributed by atoms with Crippen LogP contribution in [0.2, 0.25) is 0 Å². The Morgan fingerprint density at radius 3 is 2.45 bits per heavy atom. The van der Waals surface area contributed by atoms with E-state index in [9.17, 15) is 9.90 Å². The van der Waals surface area contributed by atoms with Crippen molar-refractivity contribution in [2.75, 3.05) is 13.1 Å². The Morgan fingerprint density at radius 2 is 1.95 bits per heavy atom. The monoisotopic (exact) mass is 306 g/mol. The second-order valence-corrected chi connectivity index (χ2v) is 7.01. The van der Waals surface area contributed by atoms with Crippen LogP contribution in [0.4, 0.5) is 4.79 Å². The molecule has 22 heavy (non-hydrogen) atoms. The molecule has 0 saturated carbocycles. The molecule has 2 amide bonds. The SMILES string of the molecule is Cc1cccc(C(C)(C)CNC(=O)N(CC(C)O)C(C)C)c1. The highest BCUT2D eigenvalue weighted by Gasteiger charge is 2.24. The third-order valence-electron chi connectivity index (χ3n) is 3.83. The average Bonchev–Trinajstić information content (AvgIpc) is 2.42. The van der Waals surface area contributed by atoms with Crippen molar-refractivity contribution in [1.82, 2.24) is 10.2 Å². The van der Waals surface area contributed by atoms with Gasteiger partial charge < -0.3 is 15.3 Å². The first-order valence-corrected chi connectivity index (χ1v) is 7.93. The molecule has 1 aromatic rings. The molecule has 0 aliphatic rings. The Hall–Kier alpha value is -1.55. The first kappa shape index (κ1) is 18.5. The lowest BCUT2D eigenvalue weighted by Crippen LogP contribution is -2.49. The van der Waals surface area contributed by atoms with Crippen molar-refractivity contribution in [2.24, 2.45) is 0 Å². The highest BCUT2D eigenvalue weighted by atomic mass is 16.3. The standard InChI is InChI=1S/C18H30N2O2/c1-13(2)20(11-15(4)21)17(22)19-12-18(5,6)16-9-7-8-14(3)10-16/h7-10,13,15,21H,11-12H2,1-6H3,(H,19,22). The lowest BCUT2D eigenvalue weighted by Gasteiger charge is -2.31. The van der Waals surface area contributed by atoms with Gasteiger partial charge in [0.05, 0.1) is 6.10 Å². The number of nitrogens with zero attached hydrogens (tertiary/aromatic N) is 1. The van der Waals surface area contributed by atoms with Crippen molar-refractivity contribution in [3.63, 3.8) is 0 Å². The summed E-state index contributed by atoms with van der Waals surface area (Å²) in [6.45, 7) is 12.8. The summed E-state index contributed by atoms with van der Waals surface area (Å²) in [7, 11) is 0. The van der Waals surface area contributed by atoms with Gasteiger partial charge in [0.25, 0.3) is 0 Å². The number of aliphatic hydroxyl groups excluding tert-OH is 1. The molecule has 0 saturated heterocycles. The van der Waals surface area contributed by atoms with Crippen LogP contribution in [0.25, 0.3) is 0 Å². The second-order valence-electron chi connectivity index (χ2n) is 7.01. The van der Waals surface area contributed by atoms with Gasteiger partial charge >= 0.3 is 6.03 Å². The lowest BCUT2D eigenvalue weighted by atomic mass is 9.84. The van der Waals surface area contributed by atoms with E-state index >= 15 is 0 Å². The molecule has 0 heterocycles. The Kier molecular flexibility index (Phi) is 6.42. The van der Waals surface area contributed by atoms with E-state index in [1.807, 2.05) is 19.9 Å². The smallest absolute Gasteiger partial charge is 0.317 e. The number of carbonyl (C=O) groups excluding carboxylic acids is 1. The van der Waals surface area contributed by atoms with Gasteiger partial charge in [0.1, 0.15) is 0 Å². The van der Waals surface area contributed by atoms with Gasteiger partial charge in [-0.1, -0.05) is 43.7 Å². The zero-order valence-electron chi connectivity index (χ0n) is 14.7. The number of benzene rings is 1. The summed E-state index contributed by atoms with van der Waals surface area (Å²) < 4.78 is 0. The number of aryl methyl sites for hydroxylation is 1. The maximum absolute atomic E-state index is 12.4. The number of hydrogen-bond donors (Lipinski definition) is 2. The maximum atomic E-state index is 12.4. The Morgan fingerprint density at radius 1 is 1.32 bits per heavy atom. The zero-order chi connectivity index (χ0) is 16.9. The fourth-order valence-electron chi connectivity index (χ4n) is 2.38. The van der Waals surface area contributed by atoms with E-state index in [1.54, 1.807) is 11.8 Å². The molecule has 4 nitrogen and oxygen atoms in total. The van der Waals surface area contributed by atoms with E-state index in [0.29, 0.717) is 13.1 Å². The molecule has 0 aliphatic heterocycles. The number of urea groups is 1. The number of aliphatic hydroxyl groups is 1. The van der Waals surface area contributed by atoms with E-state index in [4.69, 9.17) is 0 Å². The number of hydrogen-bond acceptors (Lipinski definition) is 2. The Bertz CT molecular complexity index is 496. The first-order chi connectivity index (χ1) is 10.1. The fourth-order valence-corrected chi connectivity index (χ4v) is 2.38. The molecule has 0 radical (unpaired) electrons. The molecule has 0 fully saturated rings. The predicted molar refractivity (Wildman–Crippen MR) is 91.1 cm³/mol. The van der Waals surface area contributed by atoms with Crippen LogP contribution in [0.5, 0.6) is 0 Å². The van der Waals surface area contributed by atoms with Crippen molar-refractivity contribution < 1.29 is 9.90 Å². The zero-order valence-corrected chi connectivity index (χ0v) is 14.7. The summed E-state index contributed by atoms with van der Waals surface area (Å²) in [5.74, 6) is 0. The Labute approximate surface area is 134 Å². The minimum absolute atomic E-state index is 0.0525. The summed E-state index contributed by atoms with van der Waals surface area (Å²) >= 11 is 0. The number of nitrogens with one attached hydrogen (secondary N) is 1. The molecule has 0 bridgehead atoms. The number of amides is 2. The molecule has 1 unspecified atom stereocenters. The fraction of sp³-hybridized carbons (Fsp3) is 0.611. The summed E-state index contributed by atoms with van der Waals surface area (Å²) in [6.07, 6.45) is -0.530. The van der Waals surface area contributed by atoms with Gasteiger partial charge in [-0.3, -0.25) is 0 Å². The van der Waals surface area contributed by atoms with Gasteiger partial charge in [0.15, 0.2) is 0 Å². The van der Waals surface area contributed by atoms with Crippen LogP contribution in [0.3, 0.4) is 0 Å². The van der Waals surface area contributed by atoms with Crippen LogP contribution < -0.4 is 5.32 Å². The van der Waals surface area contributed by atoms with Crippen LogP contribution in [0.15, 0.2) is 24.3 Å². The molecule has 1 rings (SSSR count). The minimum Gasteiger partial charge on any atom is -0.392 e. The van der Waals surface area contributed by atoms with Crippen LogP contribution in [-0.2, 0) is 5.41 Å². The summed E-state index contributed by atoms with van der Waals surface area (Å²) in [5.41, 5.74) is 2.28. The quantitative estimate of drug-likeness (QED) is 0.848. The van der Waals surface area contributed by atoms with Crippen LogP contribution >= 0.6 is 0 Å². The van der Waals surface area contributed by atoms with Crippen LogP contribution in [0, 0.1) is 6.92 Å². The van der Waals surface area contributed by atoms with Crippen molar-refractivity contribution in [1.29, 1.82) is 0 Å². The molecule has 124 valence electrons. The maximum Gasteiger partial charge on any atom is 0.317 e. The third-order valence-corrected chi connectivity index (χ3v) is 3.83. The summed E-state index contributed by atoms with van der Waals surface area (Å²) in [6, 6.07) is 8.29. The topological polar surface area (TPSA) is 52.6 Å². The first-order valence-electron chi connectivity index (χ1n) is 7.93. The van der Waals surface area contributed by atoms with Crippen molar-refractivity contribution in [2.45, 2.75) is 59.1 Å². The van der Waals surface area contributed by atoms with E-state index in [1.165, 1.54) is 11.1 Å². The predicted octanol–water partition coefficient (Wildman–Crippen LogP) is 3.07. The normalized spacial score (nSPS) is 13.1. The number of carbonyl (C=O) groups is 1. The van der Waals surface area contributed by atoms with Gasteiger partial charge in [-0.05, 0) is 33.3 Å². The van der Waals surface area contributed by atoms with Gasteiger partial charge in [0, 0.05) is 24.5 Å². The molecule has 1 atom stereocenters. The van der Waals surface area contributed by atoms with Crippen molar-refractivity contribution in [3.8, 4) is 0 Å². The molecular formula is C18H30N2O2. The van der Waals surface area contributed by atoms with Crippen molar-refractivity contribution in [3.05, 3.63) is 35.4 Å². The average molecular weight is 306 g/mol. The highest BCUT2D eigenvalue weighted by Crippen LogP contribution is 2.23. The van der Waals surface area contributed by atoms with Gasteiger partial charge in [-0.25, -0.2) is 4.79 Å². The van der Waals surface area contributed by atoms with E-state index in [0.717, 1.165) is 0 Å². The summed E-state index contributed by atoms with van der Waals surface area (Å²) in [4.78, 5) is 14.0. The van der Waals surface area contributed by atoms with Crippen molar-refractivity contribution >= 4 is 6.03 Å². The van der Waals surface area contributed by atoms with Gasteiger partial charge in [-0.2, -0.15) is 0 Å². The van der Waals surface area contributed by atoms with E-state index in [2.05, 4.69) is 44.3 Å². The minimum atomic E-state index is -0.530. The molecule has 4 heteroatoms. The molecule has 0 aliphatic carbocycles. The molecule has 0 spiro atoms. The van der Waals surface area contributed by atoms with E-state index < -0.39 is 6.10 Å². The second kappa shape index (κ2) is 7.63. The largest absolute Gasteiger partial charge is 0.392 e.